The molecule has 0 fully saturated rings. The summed E-state index contributed by atoms with van der Waals surface area (Å²) in [5.74, 6) is 0. The van der Waals surface area contributed by atoms with Crippen molar-refractivity contribution in [1.29, 1.82) is 0 Å². The largest absolute Gasteiger partial charge is 0.399 e. The Kier molecular flexibility index (Phi) is 4.10. The molecule has 0 heterocycles. The molecule has 5 nitrogen and oxygen atoms in total. The SMILES string of the molecule is CN(C)c1ccc(NC(=O)Nc2cccc(N)c2)cc1. The topological polar surface area (TPSA) is 70.4 Å². The lowest BCUT2D eigenvalue weighted by atomic mass is 10.2. The molecule has 2 rings (SSSR count). The first kappa shape index (κ1) is 13.7. The number of nitrogens with two attached hydrogens (primary N) is 1. The third-order valence-corrected chi connectivity index (χ3v) is 2.79. The second kappa shape index (κ2) is 5.97. The summed E-state index contributed by atoms with van der Waals surface area (Å²) in [5.41, 5.74) is 8.73. The number of nitrogen functional groups attached to an aromatic ring is 1. The van der Waals surface area contributed by atoms with Crippen molar-refractivity contribution in [3.63, 3.8) is 0 Å². The first-order valence-electron chi connectivity index (χ1n) is 6.25. The second-order valence-electron chi connectivity index (χ2n) is 4.65. The Bertz CT molecular complexity index is 593. The second-order valence-corrected chi connectivity index (χ2v) is 4.65. The molecular formula is C15H18N4O. The molecule has 20 heavy (non-hydrogen) atoms. The predicted octanol–water partition coefficient (Wildman–Crippen LogP) is 2.98. The van der Waals surface area contributed by atoms with E-state index < -0.39 is 0 Å². The van der Waals surface area contributed by atoms with Gasteiger partial charge in [0, 0.05) is 36.8 Å². The van der Waals surface area contributed by atoms with Gasteiger partial charge >= 0.3 is 6.03 Å². The highest BCUT2D eigenvalue weighted by molar-refractivity contribution is 6.00. The van der Waals surface area contributed by atoms with Crippen LogP contribution in [0.5, 0.6) is 0 Å². The van der Waals surface area contributed by atoms with E-state index in [-0.39, 0.29) is 6.03 Å². The fourth-order valence-electron chi connectivity index (χ4n) is 1.75. The molecule has 5 heteroatoms. The van der Waals surface area contributed by atoms with Gasteiger partial charge in [0.2, 0.25) is 0 Å². The standard InChI is InChI=1S/C15H18N4O/c1-19(2)14-8-6-12(7-9-14)17-15(20)18-13-5-3-4-11(16)10-13/h3-10H,16H2,1-2H3,(H2,17,18,20). The van der Waals surface area contributed by atoms with Crippen molar-refractivity contribution in [3.8, 4) is 0 Å². The highest BCUT2D eigenvalue weighted by Gasteiger charge is 2.03. The van der Waals surface area contributed by atoms with E-state index in [4.69, 9.17) is 5.73 Å². The van der Waals surface area contributed by atoms with Crippen molar-refractivity contribution < 1.29 is 4.79 Å². The molecule has 2 aromatic carbocycles. The Morgan fingerprint density at radius 3 is 2.25 bits per heavy atom. The average Bonchev–Trinajstić information content (AvgIpc) is 2.39. The molecule has 2 aromatic rings. The number of nitrogens with zero attached hydrogens (tertiary/aromatic N) is 1. The van der Waals surface area contributed by atoms with E-state index >= 15 is 0 Å². The first-order valence-corrected chi connectivity index (χ1v) is 6.25. The summed E-state index contributed by atoms with van der Waals surface area (Å²) in [6, 6.07) is 14.3. The van der Waals surface area contributed by atoms with Crippen LogP contribution in [0, 0.1) is 0 Å². The molecule has 0 atom stereocenters. The molecule has 0 aliphatic heterocycles. The van der Waals surface area contributed by atoms with Gasteiger partial charge in [0.15, 0.2) is 0 Å². The molecule has 0 saturated heterocycles. The summed E-state index contributed by atoms with van der Waals surface area (Å²) >= 11 is 0. The Labute approximate surface area is 118 Å². The maximum Gasteiger partial charge on any atom is 0.323 e. The maximum atomic E-state index is 11.8. The number of hydrogen-bond donors (Lipinski definition) is 3. The smallest absolute Gasteiger partial charge is 0.323 e. The van der Waals surface area contributed by atoms with Gasteiger partial charge in [-0.25, -0.2) is 4.79 Å². The lowest BCUT2D eigenvalue weighted by Gasteiger charge is -2.13. The summed E-state index contributed by atoms with van der Waals surface area (Å²) in [7, 11) is 3.93. The van der Waals surface area contributed by atoms with Gasteiger partial charge in [0.25, 0.3) is 0 Å². The lowest BCUT2D eigenvalue weighted by molar-refractivity contribution is 0.262. The molecular weight excluding hydrogens is 252 g/mol. The fourth-order valence-corrected chi connectivity index (χ4v) is 1.75. The minimum atomic E-state index is -0.298. The Morgan fingerprint density at radius 2 is 1.65 bits per heavy atom. The van der Waals surface area contributed by atoms with E-state index in [1.807, 2.05) is 43.3 Å². The average molecular weight is 270 g/mol. The van der Waals surface area contributed by atoms with Crippen molar-refractivity contribution in [1.82, 2.24) is 0 Å². The Balaban J connectivity index is 1.97. The molecule has 4 N–H and O–H groups in total. The maximum absolute atomic E-state index is 11.8. The van der Waals surface area contributed by atoms with Crippen molar-refractivity contribution in [2.24, 2.45) is 0 Å². The van der Waals surface area contributed by atoms with Crippen LogP contribution in [-0.4, -0.2) is 20.1 Å². The normalized spacial score (nSPS) is 9.90. The summed E-state index contributed by atoms with van der Waals surface area (Å²) in [6.07, 6.45) is 0. The van der Waals surface area contributed by atoms with Gasteiger partial charge in [0.1, 0.15) is 0 Å². The number of urea groups is 1. The van der Waals surface area contributed by atoms with Crippen LogP contribution in [0.3, 0.4) is 0 Å². The van der Waals surface area contributed by atoms with Crippen LogP contribution in [0.1, 0.15) is 0 Å². The van der Waals surface area contributed by atoms with Gasteiger partial charge in [-0.3, -0.25) is 0 Å². The molecule has 0 spiro atoms. The molecule has 104 valence electrons. The highest BCUT2D eigenvalue weighted by atomic mass is 16.2. The van der Waals surface area contributed by atoms with Crippen LogP contribution in [0.15, 0.2) is 48.5 Å². The van der Waals surface area contributed by atoms with Crippen LogP contribution >= 0.6 is 0 Å². The Hall–Kier alpha value is -2.69. The summed E-state index contributed by atoms with van der Waals surface area (Å²) < 4.78 is 0. The van der Waals surface area contributed by atoms with Crippen molar-refractivity contribution >= 4 is 28.8 Å². The van der Waals surface area contributed by atoms with Crippen molar-refractivity contribution in [2.45, 2.75) is 0 Å². The number of anilines is 4. The zero-order chi connectivity index (χ0) is 14.5. The summed E-state index contributed by atoms with van der Waals surface area (Å²) in [5, 5.41) is 5.49. The van der Waals surface area contributed by atoms with E-state index in [0.29, 0.717) is 11.4 Å². The molecule has 0 aliphatic carbocycles. The number of benzene rings is 2. The van der Waals surface area contributed by atoms with Gasteiger partial charge in [-0.05, 0) is 42.5 Å². The minimum Gasteiger partial charge on any atom is -0.399 e. The number of hydrogen-bond acceptors (Lipinski definition) is 3. The zero-order valence-corrected chi connectivity index (χ0v) is 11.6. The van der Waals surface area contributed by atoms with Crippen LogP contribution in [0.25, 0.3) is 0 Å². The minimum absolute atomic E-state index is 0.298. The molecule has 2 amide bonds. The number of carbonyl (C=O) groups excluding carboxylic acids is 1. The third kappa shape index (κ3) is 3.65. The van der Waals surface area contributed by atoms with Gasteiger partial charge in [-0.1, -0.05) is 6.07 Å². The Morgan fingerprint density at radius 1 is 1.00 bits per heavy atom. The number of rotatable bonds is 3. The monoisotopic (exact) mass is 270 g/mol. The van der Waals surface area contributed by atoms with Crippen LogP contribution < -0.4 is 21.3 Å². The predicted molar refractivity (Wildman–Crippen MR) is 84.3 cm³/mol. The molecule has 0 saturated carbocycles. The summed E-state index contributed by atoms with van der Waals surface area (Å²) in [4.78, 5) is 13.8. The van der Waals surface area contributed by atoms with Gasteiger partial charge in [0.05, 0.1) is 0 Å². The first-order chi connectivity index (χ1) is 9.54. The molecule has 0 unspecified atom stereocenters. The molecule has 0 aromatic heterocycles. The van der Waals surface area contributed by atoms with E-state index in [1.165, 1.54) is 0 Å². The van der Waals surface area contributed by atoms with Gasteiger partial charge in [-0.2, -0.15) is 0 Å². The summed E-state index contributed by atoms with van der Waals surface area (Å²) in [6.45, 7) is 0. The zero-order valence-electron chi connectivity index (χ0n) is 11.6. The molecule has 0 bridgehead atoms. The van der Waals surface area contributed by atoms with Crippen molar-refractivity contribution in [3.05, 3.63) is 48.5 Å². The number of carbonyl (C=O) groups is 1. The van der Waals surface area contributed by atoms with Crippen LogP contribution in [0.4, 0.5) is 27.5 Å². The van der Waals surface area contributed by atoms with Crippen molar-refractivity contribution in [2.75, 3.05) is 35.4 Å². The van der Waals surface area contributed by atoms with E-state index in [1.54, 1.807) is 24.3 Å². The van der Waals surface area contributed by atoms with Crippen LogP contribution in [0.2, 0.25) is 0 Å². The fraction of sp³-hybridized carbons (Fsp3) is 0.133. The number of nitrogens with one attached hydrogen (secondary N) is 2. The van der Waals surface area contributed by atoms with E-state index in [0.717, 1.165) is 11.4 Å². The molecule has 0 aliphatic rings. The quantitative estimate of drug-likeness (QED) is 0.751. The van der Waals surface area contributed by atoms with Gasteiger partial charge in [-0.15, -0.1) is 0 Å². The lowest BCUT2D eigenvalue weighted by Crippen LogP contribution is -2.19. The van der Waals surface area contributed by atoms with E-state index in [2.05, 4.69) is 10.6 Å². The highest BCUT2D eigenvalue weighted by Crippen LogP contribution is 2.16. The third-order valence-electron chi connectivity index (χ3n) is 2.79. The molecule has 0 radical (unpaired) electrons. The van der Waals surface area contributed by atoms with Gasteiger partial charge < -0.3 is 21.3 Å². The van der Waals surface area contributed by atoms with Crippen LogP contribution in [-0.2, 0) is 0 Å². The number of amides is 2. The van der Waals surface area contributed by atoms with E-state index in [9.17, 15) is 4.79 Å².